The Hall–Kier alpha value is -4.45. The number of carbonyl (C=O) groups is 1. The zero-order valence-electron chi connectivity index (χ0n) is 18.7. The summed E-state index contributed by atoms with van der Waals surface area (Å²) in [5, 5.41) is 17.7. The van der Waals surface area contributed by atoms with Crippen LogP contribution in [0.1, 0.15) is 39.7 Å². The van der Waals surface area contributed by atoms with Crippen molar-refractivity contribution >= 4 is 12.1 Å². The average molecular weight is 445 g/mol. The Kier molecular flexibility index (Phi) is 7.20. The molecule has 0 aliphatic carbocycles. The van der Waals surface area contributed by atoms with Gasteiger partial charge in [-0.25, -0.2) is 5.43 Å². The number of aryl methyl sites for hydroxylation is 1. The number of benzene rings is 2. The highest BCUT2D eigenvalue weighted by atomic mass is 16.5. The molecule has 0 saturated heterocycles. The summed E-state index contributed by atoms with van der Waals surface area (Å²) in [6.07, 6.45) is 2.24. The van der Waals surface area contributed by atoms with Crippen molar-refractivity contribution in [1.29, 1.82) is 5.26 Å². The van der Waals surface area contributed by atoms with E-state index in [1.165, 1.54) is 27.4 Å². The number of nitriles is 1. The highest BCUT2D eigenvalue weighted by Crippen LogP contribution is 2.22. The van der Waals surface area contributed by atoms with E-state index in [0.717, 1.165) is 16.7 Å². The van der Waals surface area contributed by atoms with Crippen LogP contribution in [0.3, 0.4) is 0 Å². The van der Waals surface area contributed by atoms with Crippen molar-refractivity contribution < 1.29 is 14.3 Å². The molecule has 1 heterocycles. The third kappa shape index (κ3) is 4.91. The largest absolute Gasteiger partial charge is 0.497 e. The Balaban J connectivity index is 1.95. The Morgan fingerprint density at radius 2 is 1.94 bits per heavy atom. The summed E-state index contributed by atoms with van der Waals surface area (Å²) in [6, 6.07) is 14.2. The van der Waals surface area contributed by atoms with Crippen LogP contribution < -0.4 is 20.5 Å². The molecule has 1 amide bonds. The fourth-order valence-electron chi connectivity index (χ4n) is 3.15. The molecule has 0 fully saturated rings. The number of methoxy groups -OCH3 is 2. The Morgan fingerprint density at radius 1 is 1.21 bits per heavy atom. The molecular weight excluding hydrogens is 422 g/mol. The van der Waals surface area contributed by atoms with Gasteiger partial charge in [-0.2, -0.15) is 20.1 Å². The van der Waals surface area contributed by atoms with E-state index in [9.17, 15) is 14.9 Å². The van der Waals surface area contributed by atoms with Crippen LogP contribution in [0.15, 0.2) is 52.4 Å². The first-order valence-electron chi connectivity index (χ1n) is 10.1. The molecular formula is C24H23N5O4. The number of aromatic nitrogens is 2. The highest BCUT2D eigenvalue weighted by molar-refractivity contribution is 5.95. The predicted octanol–water partition coefficient (Wildman–Crippen LogP) is 2.76. The standard InChI is InChI=1S/C24H23N5O4/c1-5-16-6-8-18(9-7-16)29-24(31)20(13-25)15(2)22(28-29)23(30)27-26-14-17-12-19(32-3)10-11-21(17)33-4/h6-12,14H,5H2,1-4H3,(H,27,30)/b26-14+. The summed E-state index contributed by atoms with van der Waals surface area (Å²) >= 11 is 0. The van der Waals surface area contributed by atoms with Crippen molar-refractivity contribution in [2.75, 3.05) is 14.2 Å². The molecule has 9 heteroatoms. The summed E-state index contributed by atoms with van der Waals surface area (Å²) in [5.41, 5.74) is 3.85. The van der Waals surface area contributed by atoms with Crippen LogP contribution in [0.4, 0.5) is 0 Å². The molecule has 2 aromatic carbocycles. The van der Waals surface area contributed by atoms with E-state index >= 15 is 0 Å². The van der Waals surface area contributed by atoms with Crippen LogP contribution in [0.2, 0.25) is 0 Å². The second kappa shape index (κ2) is 10.2. The zero-order valence-corrected chi connectivity index (χ0v) is 18.7. The van der Waals surface area contributed by atoms with Crippen LogP contribution in [0.5, 0.6) is 11.5 Å². The van der Waals surface area contributed by atoms with Crippen LogP contribution in [0.25, 0.3) is 5.69 Å². The summed E-state index contributed by atoms with van der Waals surface area (Å²) < 4.78 is 11.5. The van der Waals surface area contributed by atoms with Gasteiger partial charge in [0.25, 0.3) is 11.5 Å². The van der Waals surface area contributed by atoms with E-state index in [2.05, 4.69) is 15.6 Å². The normalized spacial score (nSPS) is 10.6. The number of hydrogen-bond acceptors (Lipinski definition) is 7. The molecule has 0 bridgehead atoms. The van der Waals surface area contributed by atoms with Gasteiger partial charge in [-0.1, -0.05) is 19.1 Å². The number of carbonyl (C=O) groups excluding carboxylic acids is 1. The number of hydrogen-bond donors (Lipinski definition) is 1. The molecule has 0 radical (unpaired) electrons. The van der Waals surface area contributed by atoms with Gasteiger partial charge in [-0.3, -0.25) is 9.59 Å². The monoisotopic (exact) mass is 445 g/mol. The maximum absolute atomic E-state index is 12.8. The Labute approximate surface area is 190 Å². The molecule has 0 unspecified atom stereocenters. The molecule has 0 spiro atoms. The second-order valence-corrected chi connectivity index (χ2v) is 7.00. The fourth-order valence-corrected chi connectivity index (χ4v) is 3.15. The first-order valence-corrected chi connectivity index (χ1v) is 10.1. The number of nitrogens with zero attached hydrogens (tertiary/aromatic N) is 4. The second-order valence-electron chi connectivity index (χ2n) is 7.00. The van der Waals surface area contributed by atoms with Crippen LogP contribution in [-0.2, 0) is 6.42 Å². The minimum Gasteiger partial charge on any atom is -0.497 e. The first kappa shape index (κ1) is 23.2. The van der Waals surface area contributed by atoms with E-state index in [-0.39, 0.29) is 16.8 Å². The number of nitrogens with one attached hydrogen (secondary N) is 1. The Morgan fingerprint density at radius 3 is 2.55 bits per heavy atom. The topological polar surface area (TPSA) is 119 Å². The summed E-state index contributed by atoms with van der Waals surface area (Å²) in [7, 11) is 3.06. The van der Waals surface area contributed by atoms with Crippen molar-refractivity contribution in [3.63, 3.8) is 0 Å². The van der Waals surface area contributed by atoms with Crippen molar-refractivity contribution in [1.82, 2.24) is 15.2 Å². The van der Waals surface area contributed by atoms with Gasteiger partial charge in [0.1, 0.15) is 23.1 Å². The lowest BCUT2D eigenvalue weighted by Crippen LogP contribution is -2.31. The van der Waals surface area contributed by atoms with Gasteiger partial charge >= 0.3 is 0 Å². The molecule has 0 atom stereocenters. The van der Waals surface area contributed by atoms with Crippen molar-refractivity contribution in [3.8, 4) is 23.3 Å². The number of hydrazone groups is 1. The average Bonchev–Trinajstić information content (AvgIpc) is 2.84. The zero-order chi connectivity index (χ0) is 24.0. The number of amides is 1. The van der Waals surface area contributed by atoms with E-state index in [1.54, 1.807) is 30.3 Å². The van der Waals surface area contributed by atoms with Gasteiger partial charge in [0.2, 0.25) is 0 Å². The lowest BCUT2D eigenvalue weighted by atomic mass is 10.1. The molecule has 0 aliphatic heterocycles. The molecule has 33 heavy (non-hydrogen) atoms. The van der Waals surface area contributed by atoms with Gasteiger partial charge in [0.05, 0.1) is 26.1 Å². The first-order chi connectivity index (χ1) is 15.9. The third-order valence-electron chi connectivity index (χ3n) is 5.06. The molecule has 168 valence electrons. The quantitative estimate of drug-likeness (QED) is 0.441. The maximum atomic E-state index is 12.8. The van der Waals surface area contributed by atoms with Gasteiger partial charge in [0, 0.05) is 11.1 Å². The summed E-state index contributed by atoms with van der Waals surface area (Å²) in [6.45, 7) is 3.52. The van der Waals surface area contributed by atoms with E-state index < -0.39 is 11.5 Å². The predicted molar refractivity (Wildman–Crippen MR) is 123 cm³/mol. The molecule has 0 aliphatic rings. The van der Waals surface area contributed by atoms with Gasteiger partial charge in [-0.15, -0.1) is 0 Å². The van der Waals surface area contributed by atoms with Crippen LogP contribution >= 0.6 is 0 Å². The summed E-state index contributed by atoms with van der Waals surface area (Å²) in [5.74, 6) is 0.473. The van der Waals surface area contributed by atoms with Crippen molar-refractivity contribution in [2.45, 2.75) is 20.3 Å². The molecule has 1 aromatic heterocycles. The highest BCUT2D eigenvalue weighted by Gasteiger charge is 2.20. The molecule has 1 N–H and O–H groups in total. The van der Waals surface area contributed by atoms with Crippen LogP contribution in [-0.4, -0.2) is 36.1 Å². The smallest absolute Gasteiger partial charge is 0.292 e. The molecule has 9 nitrogen and oxygen atoms in total. The van der Waals surface area contributed by atoms with E-state index in [4.69, 9.17) is 9.47 Å². The van der Waals surface area contributed by atoms with E-state index in [0.29, 0.717) is 22.7 Å². The fraction of sp³-hybridized carbons (Fsp3) is 0.208. The molecule has 0 saturated carbocycles. The minimum absolute atomic E-state index is 0.0829. The molecule has 3 aromatic rings. The lowest BCUT2D eigenvalue weighted by Gasteiger charge is -2.11. The van der Waals surface area contributed by atoms with E-state index in [1.807, 2.05) is 25.1 Å². The third-order valence-corrected chi connectivity index (χ3v) is 5.06. The van der Waals surface area contributed by atoms with Crippen molar-refractivity contribution in [2.24, 2.45) is 5.10 Å². The number of ether oxygens (including phenoxy) is 2. The number of rotatable bonds is 7. The molecule has 3 rings (SSSR count). The SMILES string of the molecule is CCc1ccc(-n2nc(C(=O)N/N=C/c3cc(OC)ccc3OC)c(C)c(C#N)c2=O)cc1. The maximum Gasteiger partial charge on any atom is 0.292 e. The minimum atomic E-state index is -0.666. The van der Waals surface area contributed by atoms with Crippen LogP contribution in [0, 0.1) is 18.3 Å². The van der Waals surface area contributed by atoms with Crippen molar-refractivity contribution in [3.05, 3.63) is 80.8 Å². The lowest BCUT2D eigenvalue weighted by molar-refractivity contribution is 0.0947. The van der Waals surface area contributed by atoms with Gasteiger partial charge < -0.3 is 9.47 Å². The van der Waals surface area contributed by atoms with Gasteiger partial charge in [-0.05, 0) is 49.2 Å². The Bertz CT molecular complexity index is 1300. The summed E-state index contributed by atoms with van der Waals surface area (Å²) in [4.78, 5) is 25.6. The van der Waals surface area contributed by atoms with Gasteiger partial charge in [0.15, 0.2) is 5.69 Å².